The first-order valence-electron chi connectivity index (χ1n) is 6.57. The molecule has 6 nitrogen and oxygen atoms in total. The van der Waals surface area contributed by atoms with Crippen LogP contribution in [0.15, 0.2) is 30.3 Å². The zero-order valence-electron chi connectivity index (χ0n) is 11.0. The molecule has 1 aliphatic rings. The highest BCUT2D eigenvalue weighted by molar-refractivity contribution is 5.30. The fourth-order valence-electron chi connectivity index (χ4n) is 2.42. The summed E-state index contributed by atoms with van der Waals surface area (Å²) in [5.74, 6) is 0.848. The van der Waals surface area contributed by atoms with E-state index in [2.05, 4.69) is 32.8 Å². The second-order valence-electron chi connectivity index (χ2n) is 4.97. The number of likely N-dealkylation sites (N-methyl/N-ethyl adjacent to an activating group) is 1. The normalized spacial score (nSPS) is 19.9. The molecule has 1 aromatic heterocycles. The maximum atomic E-state index is 4.10. The van der Waals surface area contributed by atoms with Crippen molar-refractivity contribution in [2.24, 2.45) is 0 Å². The molecule has 1 N–H and O–H groups in total. The maximum Gasteiger partial charge on any atom is 0.170 e. The van der Waals surface area contributed by atoms with Gasteiger partial charge in [0.25, 0.3) is 0 Å². The van der Waals surface area contributed by atoms with Crippen LogP contribution in [0.5, 0.6) is 0 Å². The Bertz CT molecular complexity index is 523. The molecule has 1 atom stereocenters. The van der Waals surface area contributed by atoms with Gasteiger partial charge in [0.2, 0.25) is 0 Å². The molecular formula is C13H18N6. The van der Waals surface area contributed by atoms with Crippen molar-refractivity contribution in [3.8, 4) is 5.69 Å². The summed E-state index contributed by atoms with van der Waals surface area (Å²) in [4.78, 5) is 2.33. The van der Waals surface area contributed by atoms with E-state index >= 15 is 0 Å². The van der Waals surface area contributed by atoms with Crippen LogP contribution in [-0.4, -0.2) is 51.3 Å². The number of para-hydroxylation sites is 1. The van der Waals surface area contributed by atoms with Crippen molar-refractivity contribution in [3.05, 3.63) is 36.2 Å². The van der Waals surface area contributed by atoms with Gasteiger partial charge in [-0.05, 0) is 42.6 Å². The maximum absolute atomic E-state index is 4.10. The smallest absolute Gasteiger partial charge is 0.170 e. The number of aromatic nitrogens is 4. The Kier molecular flexibility index (Phi) is 3.52. The predicted molar refractivity (Wildman–Crippen MR) is 71.9 cm³/mol. The zero-order valence-corrected chi connectivity index (χ0v) is 11.0. The molecule has 2 heterocycles. The van der Waals surface area contributed by atoms with E-state index in [0.717, 1.165) is 24.6 Å². The molecule has 1 unspecified atom stereocenters. The number of rotatable bonds is 4. The Morgan fingerprint density at radius 3 is 2.89 bits per heavy atom. The Morgan fingerprint density at radius 1 is 1.32 bits per heavy atom. The first-order chi connectivity index (χ1) is 9.33. The standard InChI is InChI=1S/C13H18N6/c1-18-8-7-11(10-18)14-9-13-15-16-17-19(13)12-5-3-2-4-6-12/h2-6,11,14H,7-10H2,1H3. The number of hydrogen-bond donors (Lipinski definition) is 1. The monoisotopic (exact) mass is 258 g/mol. The van der Waals surface area contributed by atoms with E-state index in [-0.39, 0.29) is 0 Å². The second kappa shape index (κ2) is 5.46. The van der Waals surface area contributed by atoms with Crippen molar-refractivity contribution in [1.82, 2.24) is 30.4 Å². The second-order valence-corrected chi connectivity index (χ2v) is 4.97. The lowest BCUT2D eigenvalue weighted by Gasteiger charge is -2.12. The van der Waals surface area contributed by atoms with E-state index in [4.69, 9.17) is 0 Å². The summed E-state index contributed by atoms with van der Waals surface area (Å²) in [6.07, 6.45) is 1.18. The van der Waals surface area contributed by atoms with Crippen molar-refractivity contribution in [2.45, 2.75) is 19.0 Å². The molecule has 6 heteroatoms. The van der Waals surface area contributed by atoms with Crippen LogP contribution in [0.3, 0.4) is 0 Å². The highest BCUT2D eigenvalue weighted by Crippen LogP contribution is 2.09. The van der Waals surface area contributed by atoms with Gasteiger partial charge in [0.15, 0.2) is 5.82 Å². The number of nitrogens with one attached hydrogen (secondary N) is 1. The molecule has 0 radical (unpaired) electrons. The van der Waals surface area contributed by atoms with Gasteiger partial charge >= 0.3 is 0 Å². The summed E-state index contributed by atoms with van der Waals surface area (Å²) in [6.45, 7) is 2.94. The van der Waals surface area contributed by atoms with Gasteiger partial charge in [-0.25, -0.2) is 0 Å². The topological polar surface area (TPSA) is 58.9 Å². The Morgan fingerprint density at radius 2 is 2.16 bits per heavy atom. The summed E-state index contributed by atoms with van der Waals surface area (Å²) in [7, 11) is 2.15. The third kappa shape index (κ3) is 2.80. The minimum Gasteiger partial charge on any atom is -0.306 e. The Balaban J connectivity index is 1.67. The molecule has 1 saturated heterocycles. The molecule has 0 spiro atoms. The highest BCUT2D eigenvalue weighted by Gasteiger charge is 2.19. The van der Waals surface area contributed by atoms with E-state index in [9.17, 15) is 0 Å². The molecule has 3 rings (SSSR count). The molecule has 0 bridgehead atoms. The predicted octanol–water partition coefficient (Wildman–Crippen LogP) is 0.456. The van der Waals surface area contributed by atoms with E-state index < -0.39 is 0 Å². The quantitative estimate of drug-likeness (QED) is 0.863. The van der Waals surface area contributed by atoms with Gasteiger partial charge in [0.1, 0.15) is 0 Å². The average molecular weight is 258 g/mol. The number of benzene rings is 1. The Hall–Kier alpha value is -1.79. The lowest BCUT2D eigenvalue weighted by Crippen LogP contribution is -2.31. The molecule has 1 aromatic carbocycles. The Labute approximate surface area is 112 Å². The van der Waals surface area contributed by atoms with Crippen LogP contribution in [0.2, 0.25) is 0 Å². The number of nitrogens with zero attached hydrogens (tertiary/aromatic N) is 5. The van der Waals surface area contributed by atoms with Gasteiger partial charge in [-0.2, -0.15) is 4.68 Å². The van der Waals surface area contributed by atoms with E-state index in [1.807, 2.05) is 30.3 Å². The summed E-state index contributed by atoms with van der Waals surface area (Å²) in [5, 5.41) is 15.4. The molecule has 1 fully saturated rings. The van der Waals surface area contributed by atoms with Crippen LogP contribution in [0.25, 0.3) is 5.69 Å². The first-order valence-corrected chi connectivity index (χ1v) is 6.57. The molecular weight excluding hydrogens is 240 g/mol. The van der Waals surface area contributed by atoms with Crippen molar-refractivity contribution in [1.29, 1.82) is 0 Å². The van der Waals surface area contributed by atoms with Crippen molar-refractivity contribution < 1.29 is 0 Å². The zero-order chi connectivity index (χ0) is 13.1. The minimum atomic E-state index is 0.533. The van der Waals surface area contributed by atoms with Crippen molar-refractivity contribution in [3.63, 3.8) is 0 Å². The minimum absolute atomic E-state index is 0.533. The van der Waals surface area contributed by atoms with E-state index in [1.54, 1.807) is 4.68 Å². The summed E-state index contributed by atoms with van der Waals surface area (Å²) in [5.41, 5.74) is 0.993. The lowest BCUT2D eigenvalue weighted by atomic mass is 10.2. The van der Waals surface area contributed by atoms with Crippen LogP contribution in [0.1, 0.15) is 12.2 Å². The van der Waals surface area contributed by atoms with E-state index in [1.165, 1.54) is 6.42 Å². The van der Waals surface area contributed by atoms with Crippen molar-refractivity contribution >= 4 is 0 Å². The lowest BCUT2D eigenvalue weighted by molar-refractivity contribution is 0.396. The molecule has 0 amide bonds. The third-order valence-corrected chi connectivity index (χ3v) is 3.48. The van der Waals surface area contributed by atoms with Gasteiger partial charge in [0, 0.05) is 12.6 Å². The summed E-state index contributed by atoms with van der Waals surface area (Å²) >= 11 is 0. The van der Waals surface area contributed by atoms with Gasteiger partial charge < -0.3 is 10.2 Å². The van der Waals surface area contributed by atoms with Gasteiger partial charge in [-0.15, -0.1) is 5.10 Å². The summed E-state index contributed by atoms with van der Waals surface area (Å²) in [6, 6.07) is 10.5. The van der Waals surface area contributed by atoms with Gasteiger partial charge in [0.05, 0.1) is 12.2 Å². The van der Waals surface area contributed by atoms with Crippen LogP contribution < -0.4 is 5.32 Å². The number of hydrogen-bond acceptors (Lipinski definition) is 5. The molecule has 19 heavy (non-hydrogen) atoms. The third-order valence-electron chi connectivity index (χ3n) is 3.48. The SMILES string of the molecule is CN1CCC(NCc2nnnn2-c2ccccc2)C1. The molecule has 0 saturated carbocycles. The van der Waals surface area contributed by atoms with Crippen LogP contribution in [0, 0.1) is 0 Å². The summed E-state index contributed by atoms with van der Waals surface area (Å²) < 4.78 is 1.78. The number of tetrazole rings is 1. The average Bonchev–Trinajstić information content (AvgIpc) is 3.06. The molecule has 1 aliphatic heterocycles. The number of likely N-dealkylation sites (tertiary alicyclic amines) is 1. The van der Waals surface area contributed by atoms with Crippen LogP contribution >= 0.6 is 0 Å². The fourth-order valence-corrected chi connectivity index (χ4v) is 2.42. The van der Waals surface area contributed by atoms with Gasteiger partial charge in [-0.1, -0.05) is 18.2 Å². The van der Waals surface area contributed by atoms with Crippen LogP contribution in [-0.2, 0) is 6.54 Å². The van der Waals surface area contributed by atoms with E-state index in [0.29, 0.717) is 12.6 Å². The fraction of sp³-hybridized carbons (Fsp3) is 0.462. The first kappa shape index (κ1) is 12.3. The van der Waals surface area contributed by atoms with Crippen LogP contribution in [0.4, 0.5) is 0 Å². The molecule has 2 aromatic rings. The molecule has 100 valence electrons. The van der Waals surface area contributed by atoms with Crippen molar-refractivity contribution in [2.75, 3.05) is 20.1 Å². The highest BCUT2D eigenvalue weighted by atomic mass is 15.5. The molecule has 0 aliphatic carbocycles. The largest absolute Gasteiger partial charge is 0.306 e. The van der Waals surface area contributed by atoms with Gasteiger partial charge in [-0.3, -0.25) is 0 Å².